The van der Waals surface area contributed by atoms with Crippen LogP contribution in [0, 0.1) is 5.82 Å². The van der Waals surface area contributed by atoms with Crippen molar-refractivity contribution in [3.8, 4) is 0 Å². The molecule has 1 aliphatic heterocycles. The van der Waals surface area contributed by atoms with Gasteiger partial charge in [-0.25, -0.2) is 4.39 Å². The molecule has 0 radical (unpaired) electrons. The molecule has 1 aromatic rings. The number of rotatable bonds is 3. The number of nitrogens with zero attached hydrogens (tertiary/aromatic N) is 1. The van der Waals surface area contributed by atoms with E-state index in [0.717, 1.165) is 19.4 Å². The summed E-state index contributed by atoms with van der Waals surface area (Å²) in [5, 5.41) is 3.14. The molecule has 1 aliphatic rings. The second-order valence-corrected chi connectivity index (χ2v) is 5.25. The van der Waals surface area contributed by atoms with Crippen LogP contribution in [0.15, 0.2) is 22.7 Å². The van der Waals surface area contributed by atoms with Crippen LogP contribution >= 0.6 is 15.9 Å². The van der Waals surface area contributed by atoms with Crippen LogP contribution in [0.1, 0.15) is 19.8 Å². The van der Waals surface area contributed by atoms with Gasteiger partial charge in [0.25, 0.3) is 0 Å². The number of carbonyl (C=O) groups excluding carboxylic acids is 1. The van der Waals surface area contributed by atoms with Crippen molar-refractivity contribution >= 4 is 27.5 Å². The van der Waals surface area contributed by atoms with E-state index in [4.69, 9.17) is 0 Å². The van der Waals surface area contributed by atoms with Gasteiger partial charge in [0, 0.05) is 11.0 Å². The molecular formula is C13H16BrFN2O. The minimum atomic E-state index is -0.366. The zero-order valence-electron chi connectivity index (χ0n) is 10.2. The number of benzene rings is 1. The third-order valence-electron chi connectivity index (χ3n) is 3.09. The standard InChI is InChI=1S/C13H16BrFN2O/c1-2-16-11-4-3-7-17(13(11)18)12-6-5-9(14)8-10(12)15/h5-6,8,11,16H,2-4,7H2,1H3. The molecule has 0 saturated carbocycles. The van der Waals surface area contributed by atoms with E-state index in [9.17, 15) is 9.18 Å². The highest BCUT2D eigenvalue weighted by atomic mass is 79.9. The maximum absolute atomic E-state index is 13.9. The zero-order chi connectivity index (χ0) is 13.1. The highest BCUT2D eigenvalue weighted by molar-refractivity contribution is 9.10. The lowest BCUT2D eigenvalue weighted by molar-refractivity contribution is -0.121. The smallest absolute Gasteiger partial charge is 0.244 e. The first-order valence-electron chi connectivity index (χ1n) is 6.13. The average Bonchev–Trinajstić information content (AvgIpc) is 2.33. The van der Waals surface area contributed by atoms with E-state index in [0.29, 0.717) is 16.7 Å². The highest BCUT2D eigenvalue weighted by Crippen LogP contribution is 2.26. The van der Waals surface area contributed by atoms with Gasteiger partial charge in [-0.05, 0) is 37.6 Å². The number of likely N-dealkylation sites (N-methyl/N-ethyl adjacent to an activating group) is 1. The summed E-state index contributed by atoms with van der Waals surface area (Å²) in [7, 11) is 0. The molecule has 1 saturated heterocycles. The molecule has 18 heavy (non-hydrogen) atoms. The number of halogens is 2. The van der Waals surface area contributed by atoms with Gasteiger partial charge in [0.15, 0.2) is 0 Å². The van der Waals surface area contributed by atoms with E-state index in [1.165, 1.54) is 6.07 Å². The molecule has 0 spiro atoms. The Balaban J connectivity index is 2.24. The van der Waals surface area contributed by atoms with Crippen LogP contribution in [0.5, 0.6) is 0 Å². The van der Waals surface area contributed by atoms with Crippen molar-refractivity contribution in [3.05, 3.63) is 28.5 Å². The largest absolute Gasteiger partial charge is 0.308 e. The number of piperidine rings is 1. The van der Waals surface area contributed by atoms with Crippen LogP contribution in [-0.4, -0.2) is 25.0 Å². The summed E-state index contributed by atoms with van der Waals surface area (Å²) in [4.78, 5) is 13.8. The molecule has 1 unspecified atom stereocenters. The third-order valence-corrected chi connectivity index (χ3v) is 3.58. The lowest BCUT2D eigenvalue weighted by atomic mass is 10.0. The van der Waals surface area contributed by atoms with Crippen molar-refractivity contribution in [2.75, 3.05) is 18.0 Å². The van der Waals surface area contributed by atoms with Crippen LogP contribution < -0.4 is 10.2 Å². The Kier molecular flexibility index (Phi) is 4.35. The molecule has 0 bridgehead atoms. The normalized spacial score (nSPS) is 20.3. The van der Waals surface area contributed by atoms with E-state index in [2.05, 4.69) is 21.2 Å². The first kappa shape index (κ1) is 13.5. The van der Waals surface area contributed by atoms with Gasteiger partial charge < -0.3 is 10.2 Å². The van der Waals surface area contributed by atoms with Gasteiger partial charge in [-0.15, -0.1) is 0 Å². The molecule has 1 fully saturated rings. The minimum absolute atomic E-state index is 0.0377. The van der Waals surface area contributed by atoms with Crippen molar-refractivity contribution in [1.82, 2.24) is 5.32 Å². The van der Waals surface area contributed by atoms with Crippen molar-refractivity contribution in [2.45, 2.75) is 25.8 Å². The van der Waals surface area contributed by atoms with Crippen LogP contribution in [0.3, 0.4) is 0 Å². The van der Waals surface area contributed by atoms with Crippen LogP contribution in [0.25, 0.3) is 0 Å². The second kappa shape index (κ2) is 5.80. The Morgan fingerprint density at radius 3 is 3.00 bits per heavy atom. The quantitative estimate of drug-likeness (QED) is 0.930. The highest BCUT2D eigenvalue weighted by Gasteiger charge is 2.30. The Morgan fingerprint density at radius 1 is 1.56 bits per heavy atom. The van der Waals surface area contributed by atoms with Gasteiger partial charge in [0.1, 0.15) is 5.82 Å². The zero-order valence-corrected chi connectivity index (χ0v) is 11.8. The van der Waals surface area contributed by atoms with Crippen molar-refractivity contribution in [1.29, 1.82) is 0 Å². The van der Waals surface area contributed by atoms with E-state index in [-0.39, 0.29) is 17.8 Å². The number of amides is 1. The second-order valence-electron chi connectivity index (χ2n) is 4.34. The first-order chi connectivity index (χ1) is 8.63. The fourth-order valence-corrected chi connectivity index (χ4v) is 2.58. The van der Waals surface area contributed by atoms with E-state index < -0.39 is 0 Å². The van der Waals surface area contributed by atoms with Crippen LogP contribution in [-0.2, 0) is 4.79 Å². The summed E-state index contributed by atoms with van der Waals surface area (Å²) < 4.78 is 14.6. The summed E-state index contributed by atoms with van der Waals surface area (Å²) in [6.45, 7) is 3.29. The molecule has 0 aromatic heterocycles. The number of hydrogen-bond acceptors (Lipinski definition) is 2. The van der Waals surface area contributed by atoms with Crippen LogP contribution in [0.4, 0.5) is 10.1 Å². The number of carbonyl (C=O) groups is 1. The average molecular weight is 315 g/mol. The third kappa shape index (κ3) is 2.72. The molecule has 3 nitrogen and oxygen atoms in total. The Morgan fingerprint density at radius 2 is 2.33 bits per heavy atom. The molecule has 5 heteroatoms. The summed E-state index contributed by atoms with van der Waals surface area (Å²) in [5.41, 5.74) is 0.366. The molecule has 1 amide bonds. The molecular weight excluding hydrogens is 299 g/mol. The molecule has 1 heterocycles. The van der Waals surface area contributed by atoms with Gasteiger partial charge in [-0.1, -0.05) is 22.9 Å². The molecule has 0 aliphatic carbocycles. The fourth-order valence-electron chi connectivity index (χ4n) is 2.25. The summed E-state index contributed by atoms with van der Waals surface area (Å²) in [6.07, 6.45) is 1.71. The first-order valence-corrected chi connectivity index (χ1v) is 6.92. The fraction of sp³-hybridized carbons (Fsp3) is 0.462. The monoisotopic (exact) mass is 314 g/mol. The predicted octanol–water partition coefficient (Wildman–Crippen LogP) is 2.69. The van der Waals surface area contributed by atoms with Crippen molar-refractivity contribution in [3.63, 3.8) is 0 Å². The van der Waals surface area contributed by atoms with E-state index in [1.54, 1.807) is 17.0 Å². The topological polar surface area (TPSA) is 32.3 Å². The summed E-state index contributed by atoms with van der Waals surface area (Å²) in [5.74, 6) is -0.404. The van der Waals surface area contributed by atoms with Gasteiger partial charge in [0.2, 0.25) is 5.91 Å². The summed E-state index contributed by atoms with van der Waals surface area (Å²) >= 11 is 3.22. The molecule has 1 aromatic carbocycles. The van der Waals surface area contributed by atoms with Crippen molar-refractivity contribution < 1.29 is 9.18 Å². The maximum Gasteiger partial charge on any atom is 0.244 e. The minimum Gasteiger partial charge on any atom is -0.308 e. The van der Waals surface area contributed by atoms with Gasteiger partial charge in [0.05, 0.1) is 11.7 Å². The SMILES string of the molecule is CCNC1CCCN(c2ccc(Br)cc2F)C1=O. The van der Waals surface area contributed by atoms with E-state index >= 15 is 0 Å². The molecule has 1 N–H and O–H groups in total. The lowest BCUT2D eigenvalue weighted by Gasteiger charge is -2.32. The Labute approximate surface area is 114 Å². The predicted molar refractivity (Wildman–Crippen MR) is 73.2 cm³/mol. The van der Waals surface area contributed by atoms with Gasteiger partial charge in [-0.2, -0.15) is 0 Å². The van der Waals surface area contributed by atoms with Gasteiger partial charge >= 0.3 is 0 Å². The lowest BCUT2D eigenvalue weighted by Crippen LogP contribution is -2.51. The van der Waals surface area contributed by atoms with Crippen LogP contribution in [0.2, 0.25) is 0 Å². The number of nitrogens with one attached hydrogen (secondary N) is 1. The Hall–Kier alpha value is -0.940. The van der Waals surface area contributed by atoms with Gasteiger partial charge in [-0.3, -0.25) is 4.79 Å². The Bertz CT molecular complexity index is 451. The molecule has 1 atom stereocenters. The number of hydrogen-bond donors (Lipinski definition) is 1. The summed E-state index contributed by atoms with van der Waals surface area (Å²) in [6, 6.07) is 4.60. The number of anilines is 1. The maximum atomic E-state index is 13.9. The molecule has 98 valence electrons. The van der Waals surface area contributed by atoms with Crippen molar-refractivity contribution in [2.24, 2.45) is 0 Å². The molecule has 2 rings (SSSR count). The van der Waals surface area contributed by atoms with E-state index in [1.807, 2.05) is 6.92 Å².